The van der Waals surface area contributed by atoms with Crippen LogP contribution in [0.25, 0.3) is 0 Å². The van der Waals surface area contributed by atoms with Crippen molar-refractivity contribution in [3.8, 4) is 0 Å². The van der Waals surface area contributed by atoms with Gasteiger partial charge in [0.15, 0.2) is 6.29 Å². The summed E-state index contributed by atoms with van der Waals surface area (Å²) in [6.07, 6.45) is 4.75. The number of methoxy groups -OCH3 is 2. The largest absolute Gasteiger partial charge is 0.356 e. The predicted molar refractivity (Wildman–Crippen MR) is 69.9 cm³/mol. The smallest absolute Gasteiger partial charge is 0.158 e. The summed E-state index contributed by atoms with van der Waals surface area (Å²) in [5, 5.41) is 0. The summed E-state index contributed by atoms with van der Waals surface area (Å²) in [5.74, 6) is 0.856. The van der Waals surface area contributed by atoms with Gasteiger partial charge < -0.3 is 15.2 Å². The monoisotopic (exact) mass is 244 g/mol. The Labute approximate surface area is 105 Å². The van der Waals surface area contributed by atoms with Gasteiger partial charge >= 0.3 is 0 Å². The molecule has 4 nitrogen and oxygen atoms in total. The standard InChI is InChI=1S/C13H28N2O2/c1-13(10-14,8-12(16-3)17-4)15(2)9-11-6-5-7-11/h11-12H,5-10,14H2,1-4H3. The molecule has 2 N–H and O–H groups in total. The van der Waals surface area contributed by atoms with Gasteiger partial charge in [0.05, 0.1) is 0 Å². The van der Waals surface area contributed by atoms with E-state index < -0.39 is 0 Å². The quantitative estimate of drug-likeness (QED) is 0.656. The molecule has 1 aliphatic rings. The van der Waals surface area contributed by atoms with Gasteiger partial charge in [-0.05, 0) is 32.7 Å². The van der Waals surface area contributed by atoms with E-state index in [9.17, 15) is 0 Å². The predicted octanol–water partition coefficient (Wildman–Crippen LogP) is 1.44. The highest BCUT2D eigenvalue weighted by Gasteiger charge is 2.33. The SMILES string of the molecule is COC(CC(C)(CN)N(C)CC1CCC1)OC. The molecule has 1 atom stereocenters. The van der Waals surface area contributed by atoms with Gasteiger partial charge in [-0.25, -0.2) is 0 Å². The average molecular weight is 244 g/mol. The molecular weight excluding hydrogens is 216 g/mol. The van der Waals surface area contributed by atoms with Gasteiger partial charge in [-0.2, -0.15) is 0 Å². The van der Waals surface area contributed by atoms with E-state index in [0.29, 0.717) is 6.54 Å². The normalized spacial score (nSPS) is 20.6. The van der Waals surface area contributed by atoms with Crippen LogP contribution in [-0.2, 0) is 9.47 Å². The van der Waals surface area contributed by atoms with Crippen LogP contribution in [0.5, 0.6) is 0 Å². The van der Waals surface area contributed by atoms with Crippen LogP contribution >= 0.6 is 0 Å². The third kappa shape index (κ3) is 3.91. The first-order valence-electron chi connectivity index (χ1n) is 6.52. The van der Waals surface area contributed by atoms with E-state index in [1.54, 1.807) is 14.2 Å². The topological polar surface area (TPSA) is 47.7 Å². The molecule has 0 heterocycles. The third-order valence-corrected chi connectivity index (χ3v) is 4.25. The van der Waals surface area contributed by atoms with Crippen LogP contribution in [0.4, 0.5) is 0 Å². The molecule has 0 amide bonds. The van der Waals surface area contributed by atoms with Crippen molar-refractivity contribution in [2.45, 2.75) is 44.4 Å². The number of nitrogens with two attached hydrogens (primary N) is 1. The molecule has 17 heavy (non-hydrogen) atoms. The lowest BCUT2D eigenvalue weighted by molar-refractivity contribution is -0.128. The molecule has 0 saturated heterocycles. The van der Waals surface area contributed by atoms with Crippen LogP contribution < -0.4 is 5.73 Å². The first-order chi connectivity index (χ1) is 8.05. The van der Waals surface area contributed by atoms with Gasteiger partial charge in [0.1, 0.15) is 0 Å². The summed E-state index contributed by atoms with van der Waals surface area (Å²) in [4.78, 5) is 2.38. The molecular formula is C13H28N2O2. The van der Waals surface area contributed by atoms with Gasteiger partial charge in [-0.1, -0.05) is 6.42 Å². The first kappa shape index (κ1) is 14.9. The van der Waals surface area contributed by atoms with E-state index in [-0.39, 0.29) is 11.8 Å². The molecule has 4 heteroatoms. The van der Waals surface area contributed by atoms with Crippen LogP contribution in [0.3, 0.4) is 0 Å². The number of hydrogen-bond acceptors (Lipinski definition) is 4. The van der Waals surface area contributed by atoms with Crippen molar-refractivity contribution in [3.05, 3.63) is 0 Å². The zero-order chi connectivity index (χ0) is 12.9. The molecule has 1 fully saturated rings. The molecule has 1 unspecified atom stereocenters. The zero-order valence-electron chi connectivity index (χ0n) is 11.7. The highest BCUT2D eigenvalue weighted by molar-refractivity contribution is 4.88. The Hall–Kier alpha value is -0.160. The number of likely N-dealkylation sites (N-methyl/N-ethyl adjacent to an activating group) is 1. The Morgan fingerprint density at radius 1 is 1.35 bits per heavy atom. The van der Waals surface area contributed by atoms with Crippen molar-refractivity contribution in [2.75, 3.05) is 34.4 Å². The lowest BCUT2D eigenvalue weighted by Gasteiger charge is -2.43. The Balaban J connectivity index is 2.51. The van der Waals surface area contributed by atoms with Crippen molar-refractivity contribution < 1.29 is 9.47 Å². The van der Waals surface area contributed by atoms with Crippen molar-refractivity contribution in [2.24, 2.45) is 11.7 Å². The van der Waals surface area contributed by atoms with Crippen LogP contribution in [-0.4, -0.2) is 51.1 Å². The number of rotatable bonds is 8. The molecule has 0 aromatic heterocycles. The van der Waals surface area contributed by atoms with Crippen molar-refractivity contribution >= 4 is 0 Å². The lowest BCUT2D eigenvalue weighted by atomic mass is 9.83. The van der Waals surface area contributed by atoms with E-state index in [1.807, 2.05) is 0 Å². The summed E-state index contributed by atoms with van der Waals surface area (Å²) in [6.45, 7) is 3.95. The van der Waals surface area contributed by atoms with Crippen LogP contribution in [0.15, 0.2) is 0 Å². The van der Waals surface area contributed by atoms with Crippen LogP contribution in [0, 0.1) is 5.92 Å². The fraction of sp³-hybridized carbons (Fsp3) is 1.00. The van der Waals surface area contributed by atoms with Crippen molar-refractivity contribution in [1.82, 2.24) is 4.90 Å². The van der Waals surface area contributed by atoms with E-state index in [4.69, 9.17) is 15.2 Å². The van der Waals surface area contributed by atoms with Gasteiger partial charge in [0.25, 0.3) is 0 Å². The average Bonchev–Trinajstić information content (AvgIpc) is 2.30. The maximum absolute atomic E-state index is 5.95. The minimum Gasteiger partial charge on any atom is -0.356 e. The maximum atomic E-state index is 5.95. The Kier molecular flexibility index (Phi) is 5.86. The second-order valence-electron chi connectivity index (χ2n) is 5.48. The summed E-state index contributed by atoms with van der Waals surface area (Å²) in [7, 11) is 5.52. The second-order valence-corrected chi connectivity index (χ2v) is 5.48. The Bertz CT molecular complexity index is 217. The molecule has 0 aromatic rings. The van der Waals surface area contributed by atoms with Crippen molar-refractivity contribution in [3.63, 3.8) is 0 Å². The van der Waals surface area contributed by atoms with Gasteiger partial charge in [0, 0.05) is 39.3 Å². The van der Waals surface area contributed by atoms with E-state index in [2.05, 4.69) is 18.9 Å². The highest BCUT2D eigenvalue weighted by Crippen LogP contribution is 2.30. The highest BCUT2D eigenvalue weighted by atomic mass is 16.7. The maximum Gasteiger partial charge on any atom is 0.158 e. The molecule has 0 bridgehead atoms. The molecule has 0 aliphatic heterocycles. The third-order valence-electron chi connectivity index (χ3n) is 4.25. The molecule has 0 aromatic carbocycles. The molecule has 1 aliphatic carbocycles. The number of ether oxygens (including phenoxy) is 2. The van der Waals surface area contributed by atoms with Gasteiger partial charge in [-0.15, -0.1) is 0 Å². The summed E-state index contributed by atoms with van der Waals surface area (Å²) in [6, 6.07) is 0. The molecule has 0 radical (unpaired) electrons. The van der Waals surface area contributed by atoms with Crippen LogP contribution in [0.1, 0.15) is 32.6 Å². The lowest BCUT2D eigenvalue weighted by Crippen LogP contribution is -2.53. The van der Waals surface area contributed by atoms with Gasteiger partial charge in [0.2, 0.25) is 0 Å². The molecule has 0 spiro atoms. The first-order valence-corrected chi connectivity index (χ1v) is 6.52. The Morgan fingerprint density at radius 2 is 1.94 bits per heavy atom. The molecule has 102 valence electrons. The summed E-state index contributed by atoms with van der Waals surface area (Å²) >= 11 is 0. The Morgan fingerprint density at radius 3 is 2.29 bits per heavy atom. The second kappa shape index (κ2) is 6.69. The molecule has 1 rings (SSSR count). The molecule has 1 saturated carbocycles. The zero-order valence-corrected chi connectivity index (χ0v) is 11.7. The van der Waals surface area contributed by atoms with Gasteiger partial charge in [-0.3, -0.25) is 4.90 Å². The summed E-state index contributed by atoms with van der Waals surface area (Å²) < 4.78 is 10.6. The van der Waals surface area contributed by atoms with E-state index in [1.165, 1.54) is 19.3 Å². The summed E-state index contributed by atoms with van der Waals surface area (Å²) in [5.41, 5.74) is 5.90. The van der Waals surface area contributed by atoms with E-state index in [0.717, 1.165) is 18.9 Å². The minimum atomic E-state index is -0.174. The minimum absolute atomic E-state index is 0.0493. The fourth-order valence-corrected chi connectivity index (χ4v) is 2.30. The number of hydrogen-bond donors (Lipinski definition) is 1. The van der Waals surface area contributed by atoms with E-state index >= 15 is 0 Å². The fourth-order valence-electron chi connectivity index (χ4n) is 2.30. The van der Waals surface area contributed by atoms with Crippen molar-refractivity contribution in [1.29, 1.82) is 0 Å². The van der Waals surface area contributed by atoms with Crippen LogP contribution in [0.2, 0.25) is 0 Å². The number of nitrogens with zero attached hydrogens (tertiary/aromatic N) is 1.